The maximum Gasteiger partial charge on any atom is 0.191 e. The molecule has 146 valence electrons. The standard InChI is InChI=1S/C20H25FN4O.HI/c1-14-3-6-17(7-4-14)25-10-9-16(13-25)24-20(22-2)23-12-15-5-8-19(26)18(21)11-15;/h3-8,11,16,26H,9-10,12-13H2,1-2H3,(H2,22,23,24);1H. The van der Waals surface area contributed by atoms with Gasteiger partial charge in [0.2, 0.25) is 0 Å². The Bertz CT molecular complexity index is 782. The van der Waals surface area contributed by atoms with Crippen molar-refractivity contribution in [2.24, 2.45) is 4.99 Å². The van der Waals surface area contributed by atoms with Gasteiger partial charge < -0.3 is 20.6 Å². The number of rotatable bonds is 4. The lowest BCUT2D eigenvalue weighted by molar-refractivity contribution is 0.431. The summed E-state index contributed by atoms with van der Waals surface area (Å²) in [6.45, 7) is 4.44. The Kier molecular flexibility index (Phi) is 7.70. The minimum atomic E-state index is -0.614. The molecule has 0 spiro atoms. The number of nitrogens with one attached hydrogen (secondary N) is 2. The summed E-state index contributed by atoms with van der Waals surface area (Å²) < 4.78 is 13.4. The fourth-order valence-corrected chi connectivity index (χ4v) is 3.10. The van der Waals surface area contributed by atoms with Crippen LogP contribution in [0.3, 0.4) is 0 Å². The van der Waals surface area contributed by atoms with Crippen molar-refractivity contribution in [2.75, 3.05) is 25.0 Å². The van der Waals surface area contributed by atoms with Crippen LogP contribution in [0.5, 0.6) is 5.75 Å². The molecule has 1 aliphatic heterocycles. The first kappa shape index (κ1) is 21.3. The first-order chi connectivity index (χ1) is 12.5. The van der Waals surface area contributed by atoms with Crippen LogP contribution in [-0.4, -0.2) is 37.2 Å². The number of halogens is 2. The molecular formula is C20H26FIN4O. The molecule has 0 aliphatic carbocycles. The number of aromatic hydroxyl groups is 1. The average Bonchev–Trinajstić information content (AvgIpc) is 3.10. The number of guanidine groups is 1. The Morgan fingerprint density at radius 3 is 2.67 bits per heavy atom. The molecule has 1 fully saturated rings. The van der Waals surface area contributed by atoms with Gasteiger partial charge in [-0.25, -0.2) is 4.39 Å². The number of aliphatic imine (C=N–C) groups is 1. The van der Waals surface area contributed by atoms with Crippen LogP contribution < -0.4 is 15.5 Å². The molecule has 2 aromatic rings. The number of hydrogen-bond donors (Lipinski definition) is 3. The number of benzene rings is 2. The van der Waals surface area contributed by atoms with Crippen molar-refractivity contribution in [2.45, 2.75) is 25.9 Å². The van der Waals surface area contributed by atoms with Gasteiger partial charge in [-0.1, -0.05) is 23.8 Å². The number of phenolic OH excluding ortho intramolecular Hbond substituents is 1. The lowest BCUT2D eigenvalue weighted by Crippen LogP contribution is -2.44. The zero-order valence-electron chi connectivity index (χ0n) is 15.6. The van der Waals surface area contributed by atoms with Gasteiger partial charge in [0.15, 0.2) is 17.5 Å². The number of hydrogen-bond acceptors (Lipinski definition) is 3. The fraction of sp³-hybridized carbons (Fsp3) is 0.350. The predicted molar refractivity (Wildman–Crippen MR) is 119 cm³/mol. The molecule has 5 nitrogen and oxygen atoms in total. The summed E-state index contributed by atoms with van der Waals surface area (Å²) in [6, 6.07) is 13.3. The van der Waals surface area contributed by atoms with Crippen molar-refractivity contribution in [3.05, 3.63) is 59.4 Å². The van der Waals surface area contributed by atoms with Crippen LogP contribution in [0.2, 0.25) is 0 Å². The smallest absolute Gasteiger partial charge is 0.191 e. The topological polar surface area (TPSA) is 59.9 Å². The second-order valence-electron chi connectivity index (χ2n) is 6.62. The molecule has 0 bridgehead atoms. The van der Waals surface area contributed by atoms with Gasteiger partial charge >= 0.3 is 0 Å². The Morgan fingerprint density at radius 2 is 2.00 bits per heavy atom. The number of nitrogens with zero attached hydrogens (tertiary/aromatic N) is 2. The summed E-state index contributed by atoms with van der Waals surface area (Å²) in [7, 11) is 1.72. The molecule has 2 aromatic carbocycles. The maximum absolute atomic E-state index is 13.4. The van der Waals surface area contributed by atoms with E-state index >= 15 is 0 Å². The molecule has 0 aromatic heterocycles. The van der Waals surface area contributed by atoms with E-state index in [1.54, 1.807) is 13.1 Å². The Morgan fingerprint density at radius 1 is 1.26 bits per heavy atom. The van der Waals surface area contributed by atoms with Crippen LogP contribution in [-0.2, 0) is 6.54 Å². The average molecular weight is 484 g/mol. The largest absolute Gasteiger partial charge is 0.505 e. The Labute approximate surface area is 176 Å². The molecule has 1 unspecified atom stereocenters. The van der Waals surface area contributed by atoms with Crippen LogP contribution in [0.1, 0.15) is 17.5 Å². The Hall–Kier alpha value is -2.03. The summed E-state index contributed by atoms with van der Waals surface area (Å²) in [5.41, 5.74) is 3.25. The second-order valence-corrected chi connectivity index (χ2v) is 6.62. The fourth-order valence-electron chi connectivity index (χ4n) is 3.10. The molecule has 27 heavy (non-hydrogen) atoms. The summed E-state index contributed by atoms with van der Waals surface area (Å²) in [6.07, 6.45) is 1.03. The minimum Gasteiger partial charge on any atom is -0.505 e. The number of anilines is 1. The molecule has 3 rings (SSSR count). The molecular weight excluding hydrogens is 458 g/mol. The first-order valence-electron chi connectivity index (χ1n) is 8.81. The highest BCUT2D eigenvalue weighted by molar-refractivity contribution is 14.0. The zero-order chi connectivity index (χ0) is 18.5. The van der Waals surface area contributed by atoms with E-state index in [0.29, 0.717) is 18.5 Å². The monoisotopic (exact) mass is 484 g/mol. The highest BCUT2D eigenvalue weighted by Gasteiger charge is 2.23. The van der Waals surface area contributed by atoms with E-state index in [-0.39, 0.29) is 29.7 Å². The van der Waals surface area contributed by atoms with Crippen molar-refractivity contribution in [1.29, 1.82) is 0 Å². The van der Waals surface area contributed by atoms with Crippen LogP contribution in [0.15, 0.2) is 47.5 Å². The third kappa shape index (κ3) is 5.72. The van der Waals surface area contributed by atoms with E-state index < -0.39 is 5.82 Å². The summed E-state index contributed by atoms with van der Waals surface area (Å²) in [5, 5.41) is 15.9. The molecule has 1 saturated heterocycles. The SMILES string of the molecule is CN=C(NCc1ccc(O)c(F)c1)NC1CCN(c2ccc(C)cc2)C1.I. The van der Waals surface area contributed by atoms with Crippen molar-refractivity contribution < 1.29 is 9.50 Å². The van der Waals surface area contributed by atoms with Crippen molar-refractivity contribution in [3.63, 3.8) is 0 Å². The first-order valence-corrected chi connectivity index (χ1v) is 8.81. The molecule has 7 heteroatoms. The number of phenols is 1. The van der Waals surface area contributed by atoms with E-state index in [4.69, 9.17) is 0 Å². The van der Waals surface area contributed by atoms with Crippen molar-refractivity contribution >= 4 is 35.6 Å². The molecule has 1 aliphatic rings. The predicted octanol–water partition coefficient (Wildman–Crippen LogP) is 3.40. The van der Waals surface area contributed by atoms with E-state index in [0.717, 1.165) is 25.1 Å². The molecule has 3 N–H and O–H groups in total. The van der Waals surface area contributed by atoms with Gasteiger partial charge in [-0.15, -0.1) is 24.0 Å². The van der Waals surface area contributed by atoms with E-state index in [1.165, 1.54) is 23.4 Å². The van der Waals surface area contributed by atoms with E-state index in [2.05, 4.69) is 51.7 Å². The van der Waals surface area contributed by atoms with E-state index in [9.17, 15) is 9.50 Å². The Balaban J connectivity index is 0.00000261. The lowest BCUT2D eigenvalue weighted by atomic mass is 10.2. The maximum atomic E-state index is 13.4. The summed E-state index contributed by atoms with van der Waals surface area (Å²) in [5.74, 6) is -0.260. The van der Waals surface area contributed by atoms with Gasteiger partial charge in [-0.2, -0.15) is 0 Å². The van der Waals surface area contributed by atoms with Gasteiger partial charge in [-0.3, -0.25) is 4.99 Å². The second kappa shape index (κ2) is 9.77. The minimum absolute atomic E-state index is 0. The highest BCUT2D eigenvalue weighted by Crippen LogP contribution is 2.21. The molecule has 0 amide bonds. The molecule has 1 atom stereocenters. The zero-order valence-corrected chi connectivity index (χ0v) is 17.9. The molecule has 0 saturated carbocycles. The van der Waals surface area contributed by atoms with Gasteiger partial charge in [-0.05, 0) is 43.2 Å². The lowest BCUT2D eigenvalue weighted by Gasteiger charge is -2.20. The van der Waals surface area contributed by atoms with Crippen LogP contribution in [0.4, 0.5) is 10.1 Å². The highest BCUT2D eigenvalue weighted by atomic mass is 127. The van der Waals surface area contributed by atoms with Crippen molar-refractivity contribution in [1.82, 2.24) is 10.6 Å². The van der Waals surface area contributed by atoms with Gasteiger partial charge in [0.1, 0.15) is 0 Å². The molecule has 0 radical (unpaired) electrons. The normalized spacial score (nSPS) is 16.8. The summed E-state index contributed by atoms with van der Waals surface area (Å²) in [4.78, 5) is 6.61. The quantitative estimate of drug-likeness (QED) is 0.354. The van der Waals surface area contributed by atoms with Crippen LogP contribution in [0.25, 0.3) is 0 Å². The number of aryl methyl sites for hydroxylation is 1. The van der Waals surface area contributed by atoms with Crippen LogP contribution in [0, 0.1) is 12.7 Å². The van der Waals surface area contributed by atoms with Gasteiger partial charge in [0.05, 0.1) is 0 Å². The third-order valence-corrected chi connectivity index (χ3v) is 4.62. The van der Waals surface area contributed by atoms with Crippen molar-refractivity contribution in [3.8, 4) is 5.75 Å². The van der Waals surface area contributed by atoms with E-state index in [1.807, 2.05) is 0 Å². The molecule has 1 heterocycles. The third-order valence-electron chi connectivity index (χ3n) is 4.62. The van der Waals surface area contributed by atoms with Crippen LogP contribution >= 0.6 is 24.0 Å². The van der Waals surface area contributed by atoms with Gasteiger partial charge in [0, 0.05) is 38.4 Å². The van der Waals surface area contributed by atoms with Gasteiger partial charge in [0.25, 0.3) is 0 Å². The summed E-state index contributed by atoms with van der Waals surface area (Å²) >= 11 is 0.